The second-order valence-corrected chi connectivity index (χ2v) is 7.19. The number of para-hydroxylation sites is 1. The van der Waals surface area contributed by atoms with E-state index in [1.807, 2.05) is 37.5 Å². The van der Waals surface area contributed by atoms with Crippen molar-refractivity contribution in [2.45, 2.75) is 32.4 Å². The summed E-state index contributed by atoms with van der Waals surface area (Å²) in [6.07, 6.45) is 6.89. The lowest BCUT2D eigenvalue weighted by Gasteiger charge is -2.20. The first-order chi connectivity index (χ1) is 13.2. The van der Waals surface area contributed by atoms with Gasteiger partial charge in [-0.15, -0.1) is 0 Å². The van der Waals surface area contributed by atoms with Gasteiger partial charge in [0.25, 0.3) is 0 Å². The molecule has 1 saturated heterocycles. The van der Waals surface area contributed by atoms with Gasteiger partial charge >= 0.3 is 0 Å². The van der Waals surface area contributed by atoms with Crippen molar-refractivity contribution in [2.24, 2.45) is 5.92 Å². The molecule has 27 heavy (non-hydrogen) atoms. The average molecular weight is 364 g/mol. The summed E-state index contributed by atoms with van der Waals surface area (Å²) >= 11 is 0. The molecule has 6 heteroatoms. The lowest BCUT2D eigenvalue weighted by atomic mass is 9.93. The van der Waals surface area contributed by atoms with Gasteiger partial charge in [0.2, 0.25) is 5.91 Å². The van der Waals surface area contributed by atoms with Crippen LogP contribution in [0.25, 0.3) is 10.9 Å². The summed E-state index contributed by atoms with van der Waals surface area (Å²) in [4.78, 5) is 16.8. The number of carbonyl (C=O) groups is 1. The smallest absolute Gasteiger partial charge is 0.222 e. The number of hydrogen-bond donors (Lipinski definition) is 1. The minimum absolute atomic E-state index is 0.0447. The van der Waals surface area contributed by atoms with Gasteiger partial charge in [0.15, 0.2) is 0 Å². The lowest BCUT2D eigenvalue weighted by molar-refractivity contribution is -0.122. The van der Waals surface area contributed by atoms with E-state index in [2.05, 4.69) is 27.5 Å². The van der Waals surface area contributed by atoms with E-state index in [0.717, 1.165) is 17.5 Å². The van der Waals surface area contributed by atoms with E-state index in [1.165, 1.54) is 10.9 Å². The van der Waals surface area contributed by atoms with Gasteiger partial charge in [0.05, 0.1) is 31.0 Å². The summed E-state index contributed by atoms with van der Waals surface area (Å²) in [5, 5.41) is 8.55. The molecule has 0 radical (unpaired) electrons. The Labute approximate surface area is 158 Å². The van der Waals surface area contributed by atoms with Gasteiger partial charge in [0, 0.05) is 36.7 Å². The predicted octanol–water partition coefficient (Wildman–Crippen LogP) is 2.50. The molecule has 1 aromatic carbocycles. The molecule has 6 nitrogen and oxygen atoms in total. The third-order valence-corrected chi connectivity index (χ3v) is 5.10. The first-order valence-corrected chi connectivity index (χ1v) is 9.38. The molecule has 140 valence electrons. The molecule has 1 aliphatic rings. The van der Waals surface area contributed by atoms with E-state index >= 15 is 0 Å². The zero-order valence-electron chi connectivity index (χ0n) is 15.5. The van der Waals surface area contributed by atoms with Crippen LogP contribution >= 0.6 is 0 Å². The number of hydrogen-bond acceptors (Lipinski definition) is 4. The van der Waals surface area contributed by atoms with Crippen LogP contribution in [0, 0.1) is 12.8 Å². The van der Waals surface area contributed by atoms with Gasteiger partial charge in [-0.2, -0.15) is 5.10 Å². The number of aryl methyl sites for hydroxylation is 2. The van der Waals surface area contributed by atoms with Crippen LogP contribution in [0.15, 0.2) is 48.9 Å². The number of aromatic nitrogens is 3. The number of ether oxygens (including phenoxy) is 1. The van der Waals surface area contributed by atoms with E-state index in [0.29, 0.717) is 26.2 Å². The molecule has 4 rings (SSSR count). The molecular weight excluding hydrogens is 340 g/mol. The fraction of sp³-hybridized carbons (Fsp3) is 0.381. The van der Waals surface area contributed by atoms with Crippen molar-refractivity contribution in [1.29, 1.82) is 0 Å². The minimum Gasteiger partial charge on any atom is -0.379 e. The molecule has 1 aliphatic heterocycles. The zero-order valence-corrected chi connectivity index (χ0v) is 15.5. The minimum atomic E-state index is 0.0447. The van der Waals surface area contributed by atoms with Crippen molar-refractivity contribution in [3.8, 4) is 0 Å². The van der Waals surface area contributed by atoms with E-state index in [1.54, 1.807) is 10.9 Å². The van der Waals surface area contributed by atoms with Gasteiger partial charge in [-0.05, 0) is 36.6 Å². The molecule has 2 unspecified atom stereocenters. The average Bonchev–Trinajstić information content (AvgIpc) is 3.29. The maximum Gasteiger partial charge on any atom is 0.222 e. The fourth-order valence-electron chi connectivity index (χ4n) is 3.66. The zero-order chi connectivity index (χ0) is 18.6. The van der Waals surface area contributed by atoms with Crippen molar-refractivity contribution in [3.63, 3.8) is 0 Å². The van der Waals surface area contributed by atoms with Crippen molar-refractivity contribution in [1.82, 2.24) is 20.1 Å². The molecule has 1 N–H and O–H groups in total. The highest BCUT2D eigenvalue weighted by Gasteiger charge is 2.30. The third kappa shape index (κ3) is 4.17. The Bertz CT molecular complexity index is 931. The van der Waals surface area contributed by atoms with Crippen LogP contribution in [0.3, 0.4) is 0 Å². The molecule has 0 spiro atoms. The maximum atomic E-state index is 12.4. The Kier molecular flexibility index (Phi) is 5.16. The van der Waals surface area contributed by atoms with Crippen LogP contribution in [0.1, 0.15) is 17.5 Å². The number of benzene rings is 1. The Morgan fingerprint density at radius 2 is 2.19 bits per heavy atom. The first kappa shape index (κ1) is 17.7. The SMILES string of the molecule is Cc1cnn(CCC(=O)NC2COCC2Cc2ccnc3ccccc23)c1. The summed E-state index contributed by atoms with van der Waals surface area (Å²) in [6.45, 7) is 3.82. The Hall–Kier alpha value is -2.73. The molecule has 0 saturated carbocycles. The monoisotopic (exact) mass is 364 g/mol. The van der Waals surface area contributed by atoms with Crippen molar-refractivity contribution in [3.05, 3.63) is 60.0 Å². The Morgan fingerprint density at radius 3 is 3.04 bits per heavy atom. The van der Waals surface area contributed by atoms with Crippen molar-refractivity contribution in [2.75, 3.05) is 13.2 Å². The maximum absolute atomic E-state index is 12.4. The summed E-state index contributed by atoms with van der Waals surface area (Å²) in [5.74, 6) is 0.315. The normalized spacial score (nSPS) is 19.4. The summed E-state index contributed by atoms with van der Waals surface area (Å²) < 4.78 is 7.48. The van der Waals surface area contributed by atoms with Crippen LogP contribution < -0.4 is 5.32 Å². The fourth-order valence-corrected chi connectivity index (χ4v) is 3.66. The highest BCUT2D eigenvalue weighted by molar-refractivity contribution is 5.81. The Balaban J connectivity index is 1.37. The first-order valence-electron chi connectivity index (χ1n) is 9.38. The van der Waals surface area contributed by atoms with Gasteiger partial charge in [-0.25, -0.2) is 0 Å². The molecular formula is C21H24N4O2. The molecule has 0 bridgehead atoms. The number of nitrogens with one attached hydrogen (secondary N) is 1. The van der Waals surface area contributed by atoms with Crippen LogP contribution in [0.4, 0.5) is 0 Å². The van der Waals surface area contributed by atoms with E-state index in [-0.39, 0.29) is 17.9 Å². The summed E-state index contributed by atoms with van der Waals surface area (Å²) in [7, 11) is 0. The summed E-state index contributed by atoms with van der Waals surface area (Å²) in [5.41, 5.74) is 3.36. The third-order valence-electron chi connectivity index (χ3n) is 5.10. The number of nitrogens with zero attached hydrogens (tertiary/aromatic N) is 3. The van der Waals surface area contributed by atoms with E-state index in [4.69, 9.17) is 4.74 Å². The topological polar surface area (TPSA) is 69.0 Å². The highest BCUT2D eigenvalue weighted by Crippen LogP contribution is 2.24. The molecule has 1 amide bonds. The number of carbonyl (C=O) groups excluding carboxylic acids is 1. The second-order valence-electron chi connectivity index (χ2n) is 7.19. The van der Waals surface area contributed by atoms with Crippen LogP contribution in [0.2, 0.25) is 0 Å². The van der Waals surface area contributed by atoms with Crippen LogP contribution in [-0.2, 0) is 22.5 Å². The lowest BCUT2D eigenvalue weighted by Crippen LogP contribution is -2.40. The molecule has 3 aromatic rings. The summed E-state index contributed by atoms with van der Waals surface area (Å²) in [6, 6.07) is 10.3. The second kappa shape index (κ2) is 7.88. The highest BCUT2D eigenvalue weighted by atomic mass is 16.5. The van der Waals surface area contributed by atoms with Crippen molar-refractivity contribution < 1.29 is 9.53 Å². The molecule has 1 fully saturated rings. The van der Waals surface area contributed by atoms with Gasteiger partial charge < -0.3 is 10.1 Å². The van der Waals surface area contributed by atoms with Crippen molar-refractivity contribution >= 4 is 16.8 Å². The van der Waals surface area contributed by atoms with Crippen LogP contribution in [0.5, 0.6) is 0 Å². The predicted molar refractivity (Wildman–Crippen MR) is 103 cm³/mol. The molecule has 2 aromatic heterocycles. The largest absolute Gasteiger partial charge is 0.379 e. The standard InChI is InChI=1S/C21H24N4O2/c1-15-11-23-25(12-15)9-7-21(26)24-20-14-27-13-17(20)10-16-6-8-22-19-5-3-2-4-18(16)19/h2-6,8,11-12,17,20H,7,9-10,13-14H2,1H3,(H,24,26). The molecule has 3 heterocycles. The number of amides is 1. The number of pyridine rings is 1. The number of fused-ring (bicyclic) bond motifs is 1. The Morgan fingerprint density at radius 1 is 1.30 bits per heavy atom. The molecule has 0 aliphatic carbocycles. The number of rotatable bonds is 6. The quantitative estimate of drug-likeness (QED) is 0.730. The van der Waals surface area contributed by atoms with Crippen LogP contribution in [-0.4, -0.2) is 39.9 Å². The van der Waals surface area contributed by atoms with Gasteiger partial charge in [-0.1, -0.05) is 18.2 Å². The van der Waals surface area contributed by atoms with E-state index < -0.39 is 0 Å². The molecule has 2 atom stereocenters. The van der Waals surface area contributed by atoms with Gasteiger partial charge in [-0.3, -0.25) is 14.5 Å². The van der Waals surface area contributed by atoms with E-state index in [9.17, 15) is 4.79 Å². The van der Waals surface area contributed by atoms with Gasteiger partial charge in [0.1, 0.15) is 0 Å².